The molecule has 1 N–H and O–H groups in total. The summed E-state index contributed by atoms with van der Waals surface area (Å²) in [6.45, 7) is 1.45. The first-order valence-electron chi connectivity index (χ1n) is 9.31. The summed E-state index contributed by atoms with van der Waals surface area (Å²) in [6.07, 6.45) is 4.40. The van der Waals surface area contributed by atoms with Gasteiger partial charge in [-0.25, -0.2) is 0 Å². The van der Waals surface area contributed by atoms with Gasteiger partial charge >= 0.3 is 5.97 Å². The number of nitrogens with zero attached hydrogens (tertiary/aromatic N) is 1. The summed E-state index contributed by atoms with van der Waals surface area (Å²) < 4.78 is 5.10. The summed E-state index contributed by atoms with van der Waals surface area (Å²) in [5.74, 6) is -1.53. The highest BCUT2D eigenvalue weighted by molar-refractivity contribution is 5.96. The largest absolute Gasteiger partial charge is 0.455 e. The van der Waals surface area contributed by atoms with Gasteiger partial charge < -0.3 is 15.0 Å². The average molecular weight is 372 g/mol. The maximum atomic E-state index is 12.2. The molecule has 3 rings (SSSR count). The number of ether oxygens (including phenoxy) is 1. The Morgan fingerprint density at radius 2 is 1.81 bits per heavy atom. The molecule has 0 spiro atoms. The minimum absolute atomic E-state index is 0.00105. The lowest BCUT2D eigenvalue weighted by Gasteiger charge is -2.23. The van der Waals surface area contributed by atoms with Gasteiger partial charge in [0.25, 0.3) is 5.91 Å². The van der Waals surface area contributed by atoms with Crippen molar-refractivity contribution in [2.24, 2.45) is 5.92 Å². The summed E-state index contributed by atoms with van der Waals surface area (Å²) in [4.78, 5) is 49.4. The topological polar surface area (TPSA) is 92.8 Å². The van der Waals surface area contributed by atoms with Crippen molar-refractivity contribution in [3.05, 3.63) is 29.8 Å². The van der Waals surface area contributed by atoms with E-state index in [0.29, 0.717) is 17.8 Å². The number of anilines is 1. The Hall–Kier alpha value is -2.70. The molecular formula is C20H24N2O5. The Kier molecular flexibility index (Phi) is 5.88. The second kappa shape index (κ2) is 8.33. The third kappa shape index (κ3) is 4.72. The highest BCUT2D eigenvalue weighted by atomic mass is 16.5. The lowest BCUT2D eigenvalue weighted by Crippen LogP contribution is -2.35. The molecule has 1 aliphatic heterocycles. The van der Waals surface area contributed by atoms with Crippen LogP contribution in [0.1, 0.15) is 49.4 Å². The molecule has 1 heterocycles. The molecule has 0 unspecified atom stereocenters. The maximum Gasteiger partial charge on any atom is 0.311 e. The zero-order chi connectivity index (χ0) is 19.4. The fraction of sp³-hybridized carbons (Fsp3) is 0.500. The Labute approximate surface area is 158 Å². The number of hydrogen-bond acceptors (Lipinski definition) is 5. The standard InChI is InChI=1S/C20H24N2O5/c1-13(23)14-6-8-16(9-7-14)21-18(24)12-27-20(26)15-10-19(25)22(11-15)17-4-2-3-5-17/h6-9,15,17H,2-5,10-12H2,1H3,(H,21,24)/t15-/m0/s1. The number of esters is 1. The van der Waals surface area contributed by atoms with E-state index >= 15 is 0 Å². The van der Waals surface area contributed by atoms with Gasteiger partial charge in [-0.15, -0.1) is 0 Å². The van der Waals surface area contributed by atoms with Crippen molar-refractivity contribution in [2.45, 2.75) is 45.1 Å². The molecule has 1 aliphatic carbocycles. The first-order chi connectivity index (χ1) is 12.9. The van der Waals surface area contributed by atoms with Crippen molar-refractivity contribution in [3.63, 3.8) is 0 Å². The van der Waals surface area contributed by atoms with E-state index in [1.807, 2.05) is 0 Å². The number of Topliss-reactive ketones (excluding diaryl/α,β-unsaturated/α-hetero) is 1. The lowest BCUT2D eigenvalue weighted by molar-refractivity contribution is -0.151. The van der Waals surface area contributed by atoms with Crippen LogP contribution in [0, 0.1) is 5.92 Å². The molecule has 1 atom stereocenters. The Morgan fingerprint density at radius 1 is 1.15 bits per heavy atom. The smallest absolute Gasteiger partial charge is 0.311 e. The van der Waals surface area contributed by atoms with Crippen LogP contribution in [0.2, 0.25) is 0 Å². The van der Waals surface area contributed by atoms with E-state index in [0.717, 1.165) is 25.7 Å². The zero-order valence-electron chi connectivity index (χ0n) is 15.4. The monoisotopic (exact) mass is 372 g/mol. The molecule has 1 aromatic rings. The molecule has 144 valence electrons. The zero-order valence-corrected chi connectivity index (χ0v) is 15.4. The molecule has 2 aliphatic rings. The fourth-order valence-corrected chi connectivity index (χ4v) is 3.70. The van der Waals surface area contributed by atoms with Crippen LogP contribution in [-0.2, 0) is 19.1 Å². The molecule has 2 amide bonds. The molecule has 2 fully saturated rings. The van der Waals surface area contributed by atoms with Gasteiger partial charge in [-0.1, -0.05) is 12.8 Å². The van der Waals surface area contributed by atoms with Crippen LogP contribution in [0.25, 0.3) is 0 Å². The highest BCUT2D eigenvalue weighted by Gasteiger charge is 2.39. The summed E-state index contributed by atoms with van der Waals surface area (Å²) in [6, 6.07) is 6.71. The van der Waals surface area contributed by atoms with Gasteiger partial charge in [0.2, 0.25) is 5.91 Å². The van der Waals surface area contributed by atoms with Crippen molar-refractivity contribution in [2.75, 3.05) is 18.5 Å². The minimum Gasteiger partial charge on any atom is -0.455 e. The number of amides is 2. The lowest BCUT2D eigenvalue weighted by atomic mass is 10.1. The van der Waals surface area contributed by atoms with Crippen molar-refractivity contribution in [1.82, 2.24) is 4.90 Å². The van der Waals surface area contributed by atoms with E-state index < -0.39 is 24.4 Å². The van der Waals surface area contributed by atoms with Crippen molar-refractivity contribution >= 4 is 29.3 Å². The number of carbonyl (C=O) groups excluding carboxylic acids is 4. The van der Waals surface area contributed by atoms with E-state index in [4.69, 9.17) is 4.74 Å². The van der Waals surface area contributed by atoms with Gasteiger partial charge in [0.15, 0.2) is 12.4 Å². The fourth-order valence-electron chi connectivity index (χ4n) is 3.70. The molecule has 1 aromatic carbocycles. The quantitative estimate of drug-likeness (QED) is 0.610. The molecule has 1 saturated carbocycles. The highest BCUT2D eigenvalue weighted by Crippen LogP contribution is 2.29. The van der Waals surface area contributed by atoms with Crippen LogP contribution in [0.4, 0.5) is 5.69 Å². The van der Waals surface area contributed by atoms with Crippen molar-refractivity contribution < 1.29 is 23.9 Å². The van der Waals surface area contributed by atoms with E-state index in [-0.39, 0.29) is 24.2 Å². The van der Waals surface area contributed by atoms with Gasteiger partial charge in [0, 0.05) is 30.3 Å². The number of rotatable bonds is 6. The number of benzene rings is 1. The predicted molar refractivity (Wildman–Crippen MR) is 98.1 cm³/mol. The third-order valence-electron chi connectivity index (χ3n) is 5.18. The molecule has 0 radical (unpaired) electrons. The summed E-state index contributed by atoms with van der Waals surface area (Å²) >= 11 is 0. The number of hydrogen-bond donors (Lipinski definition) is 1. The van der Waals surface area contributed by atoms with Gasteiger partial charge in [-0.05, 0) is 44.0 Å². The van der Waals surface area contributed by atoms with E-state index in [9.17, 15) is 19.2 Å². The van der Waals surface area contributed by atoms with Crippen LogP contribution in [0.3, 0.4) is 0 Å². The summed E-state index contributed by atoms with van der Waals surface area (Å²) in [5.41, 5.74) is 1.07. The van der Waals surface area contributed by atoms with E-state index in [2.05, 4.69) is 5.32 Å². The van der Waals surface area contributed by atoms with Crippen LogP contribution in [-0.4, -0.2) is 47.7 Å². The first-order valence-corrected chi connectivity index (χ1v) is 9.31. The third-order valence-corrected chi connectivity index (χ3v) is 5.18. The van der Waals surface area contributed by atoms with Gasteiger partial charge in [0.05, 0.1) is 5.92 Å². The molecule has 7 nitrogen and oxygen atoms in total. The molecule has 7 heteroatoms. The summed E-state index contributed by atoms with van der Waals surface area (Å²) in [5, 5.41) is 2.61. The molecule has 0 bridgehead atoms. The van der Waals surface area contributed by atoms with Crippen LogP contribution >= 0.6 is 0 Å². The molecule has 27 heavy (non-hydrogen) atoms. The normalized spacial score (nSPS) is 20.0. The van der Waals surface area contributed by atoms with Crippen LogP contribution in [0.15, 0.2) is 24.3 Å². The number of carbonyl (C=O) groups is 4. The Balaban J connectivity index is 1.45. The second-order valence-corrected chi connectivity index (χ2v) is 7.17. The van der Waals surface area contributed by atoms with E-state index in [1.54, 1.807) is 29.2 Å². The predicted octanol–water partition coefficient (Wildman–Crippen LogP) is 2.16. The first kappa shape index (κ1) is 19.1. The molecular weight excluding hydrogens is 348 g/mol. The molecule has 0 aromatic heterocycles. The number of likely N-dealkylation sites (tertiary alicyclic amines) is 1. The van der Waals surface area contributed by atoms with Crippen molar-refractivity contribution in [1.29, 1.82) is 0 Å². The van der Waals surface area contributed by atoms with Gasteiger partial charge in [0.1, 0.15) is 0 Å². The average Bonchev–Trinajstić information content (AvgIpc) is 3.29. The van der Waals surface area contributed by atoms with Crippen LogP contribution < -0.4 is 5.32 Å². The Morgan fingerprint density at radius 3 is 2.44 bits per heavy atom. The van der Waals surface area contributed by atoms with Gasteiger partial charge in [-0.2, -0.15) is 0 Å². The SMILES string of the molecule is CC(=O)c1ccc(NC(=O)COC(=O)[C@H]2CC(=O)N(C3CCCC3)C2)cc1. The Bertz CT molecular complexity index is 737. The molecule has 1 saturated heterocycles. The second-order valence-electron chi connectivity index (χ2n) is 7.17. The van der Waals surface area contributed by atoms with Gasteiger partial charge in [-0.3, -0.25) is 19.2 Å². The van der Waals surface area contributed by atoms with Crippen molar-refractivity contribution in [3.8, 4) is 0 Å². The van der Waals surface area contributed by atoms with Crippen LogP contribution in [0.5, 0.6) is 0 Å². The summed E-state index contributed by atoms with van der Waals surface area (Å²) in [7, 11) is 0. The minimum atomic E-state index is -0.508. The number of nitrogens with one attached hydrogen (secondary N) is 1. The van der Waals surface area contributed by atoms with E-state index in [1.165, 1.54) is 6.92 Å². The number of ketones is 1. The maximum absolute atomic E-state index is 12.2.